The number of hydrogen-bond donors (Lipinski definition) is 0. The molecule has 4 nitrogen and oxygen atoms in total. The third kappa shape index (κ3) is 6.27. The average molecular weight is 378 g/mol. The van der Waals surface area contributed by atoms with E-state index in [1.165, 1.54) is 5.56 Å². The lowest BCUT2D eigenvalue weighted by atomic mass is 9.90. The number of sulfone groups is 1. The summed E-state index contributed by atoms with van der Waals surface area (Å²) >= 11 is 0. The number of carbonyl (C=O) groups is 1. The van der Waals surface area contributed by atoms with E-state index >= 15 is 0 Å². The van der Waals surface area contributed by atoms with Crippen molar-refractivity contribution in [1.82, 2.24) is 4.90 Å². The molecule has 0 aromatic heterocycles. The van der Waals surface area contributed by atoms with Crippen molar-refractivity contribution in [1.29, 1.82) is 0 Å². The molecular weight excluding hydrogens is 346 g/mol. The maximum absolute atomic E-state index is 12.4. The first-order valence-electron chi connectivity index (χ1n) is 9.64. The van der Waals surface area contributed by atoms with Gasteiger partial charge in [0.1, 0.15) is 0 Å². The van der Waals surface area contributed by atoms with Crippen molar-refractivity contribution in [3.63, 3.8) is 0 Å². The van der Waals surface area contributed by atoms with Crippen LogP contribution in [0.1, 0.15) is 51.5 Å². The van der Waals surface area contributed by atoms with Crippen molar-refractivity contribution in [2.45, 2.75) is 57.3 Å². The van der Waals surface area contributed by atoms with Gasteiger partial charge in [-0.05, 0) is 49.3 Å². The summed E-state index contributed by atoms with van der Waals surface area (Å²) in [7, 11) is -3.25. The number of rotatable bonds is 8. The zero-order valence-electron chi connectivity index (χ0n) is 16.0. The Morgan fingerprint density at radius 2 is 1.81 bits per heavy atom. The van der Waals surface area contributed by atoms with Crippen LogP contribution in [0, 0.1) is 5.92 Å². The van der Waals surface area contributed by atoms with Crippen molar-refractivity contribution < 1.29 is 13.2 Å². The molecule has 1 saturated heterocycles. The van der Waals surface area contributed by atoms with Crippen LogP contribution in [-0.4, -0.2) is 38.1 Å². The maximum Gasteiger partial charge on any atom is 0.219 e. The summed E-state index contributed by atoms with van der Waals surface area (Å²) in [5.74, 6) is 0.788. The minimum atomic E-state index is -3.25. The number of piperidine rings is 1. The zero-order valence-corrected chi connectivity index (χ0v) is 16.8. The van der Waals surface area contributed by atoms with Gasteiger partial charge in [0, 0.05) is 20.0 Å². The van der Waals surface area contributed by atoms with E-state index in [1.807, 2.05) is 23.1 Å². The summed E-state index contributed by atoms with van der Waals surface area (Å²) in [6, 6.07) is 7.33. The first-order valence-corrected chi connectivity index (χ1v) is 11.3. The number of amides is 1. The Balaban J connectivity index is 1.87. The zero-order chi connectivity index (χ0) is 19.0. The van der Waals surface area contributed by atoms with Crippen LogP contribution in [0.15, 0.2) is 41.3 Å². The Hall–Kier alpha value is -1.62. The molecule has 0 N–H and O–H groups in total. The number of hydrogen-bond acceptors (Lipinski definition) is 3. The predicted molar refractivity (Wildman–Crippen MR) is 106 cm³/mol. The van der Waals surface area contributed by atoms with Crippen molar-refractivity contribution in [2.24, 2.45) is 5.92 Å². The van der Waals surface area contributed by atoms with E-state index in [2.05, 4.69) is 6.92 Å². The Morgan fingerprint density at radius 3 is 2.38 bits per heavy atom. The van der Waals surface area contributed by atoms with Gasteiger partial charge >= 0.3 is 0 Å². The highest BCUT2D eigenvalue weighted by Crippen LogP contribution is 2.23. The molecule has 0 aliphatic carbocycles. The van der Waals surface area contributed by atoms with Crippen LogP contribution in [-0.2, 0) is 21.1 Å². The fraction of sp³-hybridized carbons (Fsp3) is 0.571. The number of nitrogens with zero attached hydrogens (tertiary/aromatic N) is 1. The van der Waals surface area contributed by atoms with Crippen LogP contribution in [0.5, 0.6) is 0 Å². The molecule has 1 aliphatic heterocycles. The monoisotopic (exact) mass is 377 g/mol. The maximum atomic E-state index is 12.4. The molecule has 2 rings (SSSR count). The van der Waals surface area contributed by atoms with Crippen molar-refractivity contribution in [3.05, 3.63) is 42.0 Å². The molecule has 1 heterocycles. The molecule has 26 heavy (non-hydrogen) atoms. The molecule has 1 amide bonds. The van der Waals surface area contributed by atoms with Crippen LogP contribution in [0.4, 0.5) is 0 Å². The van der Waals surface area contributed by atoms with Gasteiger partial charge in [-0.2, -0.15) is 0 Å². The molecule has 1 fully saturated rings. The van der Waals surface area contributed by atoms with Gasteiger partial charge in [0.15, 0.2) is 9.84 Å². The van der Waals surface area contributed by atoms with Crippen molar-refractivity contribution >= 4 is 15.7 Å². The smallest absolute Gasteiger partial charge is 0.219 e. The van der Waals surface area contributed by atoms with Crippen LogP contribution in [0.25, 0.3) is 0 Å². The summed E-state index contributed by atoms with van der Waals surface area (Å²) in [5, 5.41) is 0. The lowest BCUT2D eigenvalue weighted by Gasteiger charge is -2.31. The molecule has 0 unspecified atom stereocenters. The second-order valence-corrected chi connectivity index (χ2v) is 9.23. The summed E-state index contributed by atoms with van der Waals surface area (Å²) in [6.07, 6.45) is 9.86. The first-order chi connectivity index (χ1) is 12.4. The number of carbonyl (C=O) groups excluding carboxylic acids is 1. The summed E-state index contributed by atoms with van der Waals surface area (Å²) < 4.78 is 24.8. The normalized spacial score (nSPS) is 16.3. The molecule has 5 heteroatoms. The molecule has 0 saturated carbocycles. The van der Waals surface area contributed by atoms with E-state index < -0.39 is 9.84 Å². The molecule has 0 bridgehead atoms. The number of likely N-dealkylation sites (tertiary alicyclic amines) is 1. The highest BCUT2D eigenvalue weighted by molar-refractivity contribution is 7.91. The molecule has 0 atom stereocenters. The van der Waals surface area contributed by atoms with Gasteiger partial charge in [0.2, 0.25) is 5.91 Å². The second kappa shape index (κ2) is 9.91. The highest BCUT2D eigenvalue weighted by Gasteiger charge is 2.21. The Labute approximate surface area is 158 Å². The molecule has 1 aliphatic rings. The Bertz CT molecular complexity index is 699. The minimum absolute atomic E-state index is 0.0690. The van der Waals surface area contributed by atoms with Crippen molar-refractivity contribution in [2.75, 3.05) is 18.8 Å². The van der Waals surface area contributed by atoms with E-state index in [1.54, 1.807) is 25.1 Å². The van der Waals surface area contributed by atoms with Crippen LogP contribution < -0.4 is 0 Å². The van der Waals surface area contributed by atoms with Crippen LogP contribution in [0.2, 0.25) is 0 Å². The van der Waals surface area contributed by atoms with Gasteiger partial charge in [0.25, 0.3) is 0 Å². The SMILES string of the molecule is CCCCC=CCS(=O)(=O)c1ccc(CC2CCN(C(C)=O)CC2)cc1. The van der Waals surface area contributed by atoms with E-state index in [0.29, 0.717) is 10.8 Å². The Kier molecular flexibility index (Phi) is 7.88. The molecule has 1 aromatic carbocycles. The summed E-state index contributed by atoms with van der Waals surface area (Å²) in [6.45, 7) is 5.41. The fourth-order valence-corrected chi connectivity index (χ4v) is 4.48. The van der Waals surface area contributed by atoms with Gasteiger partial charge in [-0.25, -0.2) is 8.42 Å². The molecule has 1 aromatic rings. The van der Waals surface area contributed by atoms with E-state index in [0.717, 1.165) is 51.6 Å². The van der Waals surface area contributed by atoms with Gasteiger partial charge in [-0.1, -0.05) is 44.1 Å². The number of unbranched alkanes of at least 4 members (excludes halogenated alkanes) is 2. The van der Waals surface area contributed by atoms with Crippen LogP contribution in [0.3, 0.4) is 0 Å². The standard InChI is InChI=1S/C21H31NO3S/c1-3-4-5-6-7-16-26(24,25)21-10-8-19(9-11-21)17-20-12-14-22(15-13-20)18(2)23/h6-11,20H,3-5,12-17H2,1-2H3. The van der Waals surface area contributed by atoms with Gasteiger partial charge in [-0.3, -0.25) is 4.79 Å². The third-order valence-electron chi connectivity index (χ3n) is 5.07. The highest BCUT2D eigenvalue weighted by atomic mass is 32.2. The topological polar surface area (TPSA) is 54.5 Å². The summed E-state index contributed by atoms with van der Waals surface area (Å²) in [4.78, 5) is 13.7. The molecular formula is C21H31NO3S. The molecule has 0 spiro atoms. The lowest BCUT2D eigenvalue weighted by molar-refractivity contribution is -0.130. The van der Waals surface area contributed by atoms with E-state index in [4.69, 9.17) is 0 Å². The lowest BCUT2D eigenvalue weighted by Crippen LogP contribution is -2.37. The number of allylic oxidation sites excluding steroid dienone is 1. The quantitative estimate of drug-likeness (QED) is 0.508. The fourth-order valence-electron chi connectivity index (χ4n) is 3.35. The molecule has 0 radical (unpaired) electrons. The third-order valence-corrected chi connectivity index (χ3v) is 6.70. The van der Waals surface area contributed by atoms with Gasteiger partial charge < -0.3 is 4.90 Å². The predicted octanol–water partition coefficient (Wildman–Crippen LogP) is 4.01. The van der Waals surface area contributed by atoms with Crippen LogP contribution >= 0.6 is 0 Å². The second-order valence-electron chi connectivity index (χ2n) is 7.19. The average Bonchev–Trinajstić information content (AvgIpc) is 2.62. The summed E-state index contributed by atoms with van der Waals surface area (Å²) in [5.41, 5.74) is 1.17. The van der Waals surface area contributed by atoms with E-state index in [-0.39, 0.29) is 11.7 Å². The minimum Gasteiger partial charge on any atom is -0.343 e. The van der Waals surface area contributed by atoms with Gasteiger partial charge in [-0.15, -0.1) is 0 Å². The number of benzene rings is 1. The Morgan fingerprint density at radius 1 is 1.15 bits per heavy atom. The van der Waals surface area contributed by atoms with E-state index in [9.17, 15) is 13.2 Å². The molecule has 144 valence electrons. The van der Waals surface area contributed by atoms with Gasteiger partial charge in [0.05, 0.1) is 10.6 Å². The first kappa shape index (κ1) is 20.7. The largest absolute Gasteiger partial charge is 0.343 e. The van der Waals surface area contributed by atoms with Crippen molar-refractivity contribution in [3.8, 4) is 0 Å².